The molecule has 27 heavy (non-hydrogen) atoms. The van der Waals surface area contributed by atoms with E-state index >= 15 is 0 Å². The Hall–Kier alpha value is -1.76. The first-order valence-corrected chi connectivity index (χ1v) is 9.91. The van der Waals surface area contributed by atoms with Crippen LogP contribution in [0.15, 0.2) is 24.3 Å². The van der Waals surface area contributed by atoms with Crippen LogP contribution >= 0.6 is 0 Å². The number of piperidine rings is 1. The zero-order valence-electron chi connectivity index (χ0n) is 15.5. The van der Waals surface area contributed by atoms with Crippen LogP contribution in [0, 0.1) is 0 Å². The molecule has 7 heteroatoms. The maximum atomic E-state index is 13.1. The molecule has 1 saturated heterocycles. The standard InChI is InChI=1S/C20H28F3N3O/c21-20(22,23)17-11-5-6-12-18(17)25-19(27)24-15-8-7-13-26(14-15)16-9-3-1-2-4-10-16/h5-6,11-12,15-16H,1-4,7-10,13-14H2,(H2,24,25,27). The lowest BCUT2D eigenvalue weighted by atomic mass is 10.00. The van der Waals surface area contributed by atoms with Crippen molar-refractivity contribution in [2.24, 2.45) is 0 Å². The van der Waals surface area contributed by atoms with Crippen molar-refractivity contribution < 1.29 is 18.0 Å². The maximum absolute atomic E-state index is 13.1. The van der Waals surface area contributed by atoms with Crippen molar-refractivity contribution in [2.75, 3.05) is 18.4 Å². The van der Waals surface area contributed by atoms with Gasteiger partial charge in [-0.3, -0.25) is 4.90 Å². The molecule has 0 spiro atoms. The number of rotatable bonds is 3. The minimum absolute atomic E-state index is 0.0277. The molecule has 1 aliphatic carbocycles. The number of hydrogen-bond acceptors (Lipinski definition) is 2. The molecule has 1 saturated carbocycles. The fourth-order valence-electron chi connectivity index (χ4n) is 4.26. The van der Waals surface area contributed by atoms with Gasteiger partial charge in [-0.15, -0.1) is 0 Å². The van der Waals surface area contributed by atoms with Crippen molar-refractivity contribution >= 4 is 11.7 Å². The van der Waals surface area contributed by atoms with E-state index in [1.807, 2.05) is 0 Å². The largest absolute Gasteiger partial charge is 0.418 e. The van der Waals surface area contributed by atoms with E-state index in [0.717, 1.165) is 32.0 Å². The van der Waals surface area contributed by atoms with Gasteiger partial charge in [-0.05, 0) is 44.4 Å². The SMILES string of the molecule is O=C(Nc1ccccc1C(F)(F)F)NC1CCCN(C2CCCCCC2)C1. The Morgan fingerprint density at radius 2 is 1.70 bits per heavy atom. The van der Waals surface area contributed by atoms with E-state index in [4.69, 9.17) is 0 Å². The van der Waals surface area contributed by atoms with Gasteiger partial charge in [0.25, 0.3) is 0 Å². The van der Waals surface area contributed by atoms with Crippen LogP contribution in [0.25, 0.3) is 0 Å². The third-order valence-corrected chi connectivity index (χ3v) is 5.61. The van der Waals surface area contributed by atoms with Crippen molar-refractivity contribution in [1.29, 1.82) is 0 Å². The number of benzene rings is 1. The van der Waals surface area contributed by atoms with Crippen LogP contribution in [-0.4, -0.2) is 36.1 Å². The summed E-state index contributed by atoms with van der Waals surface area (Å²) in [5.41, 5.74) is -1.04. The van der Waals surface area contributed by atoms with E-state index < -0.39 is 17.8 Å². The first kappa shape index (κ1) is 20.0. The molecular weight excluding hydrogens is 355 g/mol. The molecule has 1 unspecified atom stereocenters. The summed E-state index contributed by atoms with van der Waals surface area (Å²) in [6, 6.07) is 5.03. The summed E-state index contributed by atoms with van der Waals surface area (Å²) in [7, 11) is 0. The van der Waals surface area contributed by atoms with Crippen molar-refractivity contribution in [3.8, 4) is 0 Å². The monoisotopic (exact) mass is 383 g/mol. The molecule has 2 amide bonds. The van der Waals surface area contributed by atoms with Crippen LogP contribution in [0.4, 0.5) is 23.7 Å². The predicted octanol–water partition coefficient (Wildman–Crippen LogP) is 5.01. The smallest absolute Gasteiger partial charge is 0.334 e. The molecule has 3 rings (SSSR count). The van der Waals surface area contributed by atoms with Crippen molar-refractivity contribution in [2.45, 2.75) is 69.6 Å². The van der Waals surface area contributed by atoms with Crippen LogP contribution in [0.3, 0.4) is 0 Å². The Morgan fingerprint density at radius 1 is 1.00 bits per heavy atom. The molecule has 1 aliphatic heterocycles. The average Bonchev–Trinajstić information content (AvgIpc) is 2.91. The van der Waals surface area contributed by atoms with Gasteiger partial charge in [0.05, 0.1) is 11.3 Å². The van der Waals surface area contributed by atoms with Gasteiger partial charge in [0, 0.05) is 18.6 Å². The number of hydrogen-bond donors (Lipinski definition) is 2. The van der Waals surface area contributed by atoms with Gasteiger partial charge < -0.3 is 10.6 Å². The highest BCUT2D eigenvalue weighted by Gasteiger charge is 2.34. The van der Waals surface area contributed by atoms with Crippen molar-refractivity contribution in [1.82, 2.24) is 10.2 Å². The van der Waals surface area contributed by atoms with E-state index in [-0.39, 0.29) is 11.7 Å². The third kappa shape index (κ3) is 5.61. The molecule has 0 bridgehead atoms. The Bertz CT molecular complexity index is 627. The van der Waals surface area contributed by atoms with E-state index in [0.29, 0.717) is 6.04 Å². The van der Waals surface area contributed by atoms with E-state index in [9.17, 15) is 18.0 Å². The van der Waals surface area contributed by atoms with Gasteiger partial charge in [-0.2, -0.15) is 13.2 Å². The molecule has 2 fully saturated rings. The molecule has 150 valence electrons. The van der Waals surface area contributed by atoms with Gasteiger partial charge in [0.1, 0.15) is 0 Å². The lowest BCUT2D eigenvalue weighted by Crippen LogP contribution is -2.51. The number of likely N-dealkylation sites (tertiary alicyclic amines) is 1. The molecule has 0 radical (unpaired) electrons. The Labute approximate surface area is 158 Å². The third-order valence-electron chi connectivity index (χ3n) is 5.61. The lowest BCUT2D eigenvalue weighted by Gasteiger charge is -2.38. The van der Waals surface area contributed by atoms with E-state index in [2.05, 4.69) is 15.5 Å². The molecular formula is C20H28F3N3O. The molecule has 4 nitrogen and oxygen atoms in total. The number of carbonyl (C=O) groups excluding carboxylic acids is 1. The summed E-state index contributed by atoms with van der Waals surface area (Å²) in [5, 5.41) is 5.25. The lowest BCUT2D eigenvalue weighted by molar-refractivity contribution is -0.136. The number of amides is 2. The number of halogens is 3. The zero-order valence-corrected chi connectivity index (χ0v) is 15.5. The fourth-order valence-corrected chi connectivity index (χ4v) is 4.26. The van der Waals surface area contributed by atoms with Crippen molar-refractivity contribution in [3.63, 3.8) is 0 Å². The number of carbonyl (C=O) groups is 1. The van der Waals surface area contributed by atoms with Gasteiger partial charge in [-0.1, -0.05) is 37.8 Å². The predicted molar refractivity (Wildman–Crippen MR) is 99.7 cm³/mol. The number of alkyl halides is 3. The summed E-state index contributed by atoms with van der Waals surface area (Å²) in [4.78, 5) is 14.8. The fraction of sp³-hybridized carbons (Fsp3) is 0.650. The molecule has 1 heterocycles. The van der Waals surface area contributed by atoms with Crippen LogP contribution < -0.4 is 10.6 Å². The normalized spacial score (nSPS) is 22.9. The van der Waals surface area contributed by atoms with Gasteiger partial charge >= 0.3 is 12.2 Å². The highest BCUT2D eigenvalue weighted by Crippen LogP contribution is 2.34. The number of urea groups is 1. The zero-order chi connectivity index (χ0) is 19.3. The molecule has 2 aliphatic rings. The van der Waals surface area contributed by atoms with Gasteiger partial charge in [0.15, 0.2) is 0 Å². The highest BCUT2D eigenvalue weighted by molar-refractivity contribution is 5.90. The van der Waals surface area contributed by atoms with Crippen LogP contribution in [0.1, 0.15) is 56.9 Å². The van der Waals surface area contributed by atoms with Crippen molar-refractivity contribution in [3.05, 3.63) is 29.8 Å². The number of para-hydroxylation sites is 1. The first-order chi connectivity index (χ1) is 12.9. The molecule has 1 atom stereocenters. The van der Waals surface area contributed by atoms with Gasteiger partial charge in [0.2, 0.25) is 0 Å². The molecule has 1 aromatic rings. The maximum Gasteiger partial charge on any atom is 0.418 e. The van der Waals surface area contributed by atoms with Gasteiger partial charge in [-0.25, -0.2) is 4.79 Å². The van der Waals surface area contributed by atoms with Crippen LogP contribution in [0.2, 0.25) is 0 Å². The first-order valence-electron chi connectivity index (χ1n) is 9.91. The Morgan fingerprint density at radius 3 is 2.41 bits per heavy atom. The second kappa shape index (κ2) is 8.95. The second-order valence-electron chi connectivity index (χ2n) is 7.62. The summed E-state index contributed by atoms with van der Waals surface area (Å²) in [6.45, 7) is 1.82. The quantitative estimate of drug-likeness (QED) is 0.721. The molecule has 2 N–H and O–H groups in total. The number of anilines is 1. The average molecular weight is 383 g/mol. The number of nitrogens with zero attached hydrogens (tertiary/aromatic N) is 1. The number of nitrogens with one attached hydrogen (secondary N) is 2. The summed E-state index contributed by atoms with van der Waals surface area (Å²) in [6.07, 6.45) is 4.89. The topological polar surface area (TPSA) is 44.4 Å². The second-order valence-corrected chi connectivity index (χ2v) is 7.62. The summed E-state index contributed by atoms with van der Waals surface area (Å²) >= 11 is 0. The minimum Gasteiger partial charge on any atom is -0.334 e. The Kier molecular flexibility index (Phi) is 6.63. The highest BCUT2D eigenvalue weighted by atomic mass is 19.4. The molecule has 1 aromatic carbocycles. The van der Waals surface area contributed by atoms with Crippen LogP contribution in [-0.2, 0) is 6.18 Å². The summed E-state index contributed by atoms with van der Waals surface area (Å²) < 4.78 is 39.2. The molecule has 0 aromatic heterocycles. The summed E-state index contributed by atoms with van der Waals surface area (Å²) in [5.74, 6) is 0. The Balaban J connectivity index is 1.56. The van der Waals surface area contributed by atoms with E-state index in [1.165, 1.54) is 56.7 Å². The minimum atomic E-state index is -4.50. The van der Waals surface area contributed by atoms with E-state index in [1.54, 1.807) is 0 Å². The van der Waals surface area contributed by atoms with Crippen LogP contribution in [0.5, 0.6) is 0 Å².